The second-order valence-corrected chi connectivity index (χ2v) is 6.27. The first-order valence-electron chi connectivity index (χ1n) is 5.75. The van der Waals surface area contributed by atoms with Crippen molar-refractivity contribution in [1.29, 1.82) is 0 Å². The van der Waals surface area contributed by atoms with Crippen LogP contribution in [0.2, 0.25) is 0 Å². The molecular formula is C14H11NO2S2. The molecule has 1 aromatic carbocycles. The van der Waals surface area contributed by atoms with Crippen molar-refractivity contribution in [2.45, 2.75) is 10.8 Å². The van der Waals surface area contributed by atoms with Crippen LogP contribution in [0.4, 0.5) is 0 Å². The normalized spacial score (nSPS) is 10.9. The SMILES string of the molecule is O=C(O)c1ccc(CSc2cc3ccccc3[nH]2)s1. The standard InChI is InChI=1S/C14H11NO2S2/c16-14(17)12-6-5-10(19-12)8-18-13-7-9-3-1-2-4-11(9)15-13/h1-7,15H,8H2,(H,16,17). The Bertz CT molecular complexity index is 697. The summed E-state index contributed by atoms with van der Waals surface area (Å²) in [6.07, 6.45) is 0. The molecule has 0 aliphatic rings. The van der Waals surface area contributed by atoms with Crippen LogP contribution in [0.25, 0.3) is 10.9 Å². The number of thiophene rings is 1. The highest BCUT2D eigenvalue weighted by Crippen LogP contribution is 2.28. The predicted octanol–water partition coefficient (Wildman–Crippen LogP) is 4.22. The molecule has 0 fully saturated rings. The predicted molar refractivity (Wildman–Crippen MR) is 79.1 cm³/mol. The Morgan fingerprint density at radius 3 is 2.84 bits per heavy atom. The highest BCUT2D eigenvalue weighted by molar-refractivity contribution is 7.98. The van der Waals surface area contributed by atoms with Crippen LogP contribution in [-0.4, -0.2) is 16.1 Å². The van der Waals surface area contributed by atoms with Gasteiger partial charge in [0, 0.05) is 21.5 Å². The number of carbonyl (C=O) groups is 1. The van der Waals surface area contributed by atoms with Gasteiger partial charge in [0.05, 0.1) is 5.03 Å². The zero-order chi connectivity index (χ0) is 13.2. The maximum absolute atomic E-state index is 10.8. The van der Waals surface area contributed by atoms with E-state index in [9.17, 15) is 4.79 Å². The summed E-state index contributed by atoms with van der Waals surface area (Å²) in [4.78, 5) is 15.6. The van der Waals surface area contributed by atoms with E-state index in [1.165, 1.54) is 16.7 Å². The number of carboxylic acid groups (broad SMARTS) is 1. The lowest BCUT2D eigenvalue weighted by Gasteiger charge is -1.95. The second-order valence-electron chi connectivity index (χ2n) is 4.08. The van der Waals surface area contributed by atoms with E-state index in [4.69, 9.17) is 5.11 Å². The van der Waals surface area contributed by atoms with Gasteiger partial charge in [-0.3, -0.25) is 0 Å². The van der Waals surface area contributed by atoms with Crippen LogP contribution in [0.15, 0.2) is 47.5 Å². The van der Waals surface area contributed by atoms with Gasteiger partial charge in [0.15, 0.2) is 0 Å². The van der Waals surface area contributed by atoms with E-state index in [-0.39, 0.29) is 0 Å². The number of aromatic carboxylic acids is 1. The minimum Gasteiger partial charge on any atom is -0.477 e. The van der Waals surface area contributed by atoms with Crippen LogP contribution in [0.3, 0.4) is 0 Å². The molecule has 3 nitrogen and oxygen atoms in total. The molecule has 96 valence electrons. The number of thioether (sulfide) groups is 1. The Kier molecular flexibility index (Phi) is 3.31. The average molecular weight is 289 g/mol. The van der Waals surface area contributed by atoms with Gasteiger partial charge in [-0.05, 0) is 24.3 Å². The lowest BCUT2D eigenvalue weighted by molar-refractivity contribution is 0.0702. The Balaban J connectivity index is 1.72. The zero-order valence-electron chi connectivity index (χ0n) is 9.92. The number of H-pyrrole nitrogens is 1. The fraction of sp³-hybridized carbons (Fsp3) is 0.0714. The van der Waals surface area contributed by atoms with Gasteiger partial charge in [-0.1, -0.05) is 18.2 Å². The first-order chi connectivity index (χ1) is 9.22. The van der Waals surface area contributed by atoms with Crippen molar-refractivity contribution in [2.75, 3.05) is 0 Å². The van der Waals surface area contributed by atoms with Gasteiger partial charge in [0.2, 0.25) is 0 Å². The Labute approximate surface area is 118 Å². The Morgan fingerprint density at radius 2 is 2.11 bits per heavy atom. The largest absolute Gasteiger partial charge is 0.477 e. The number of nitrogens with one attached hydrogen (secondary N) is 1. The maximum atomic E-state index is 10.8. The third-order valence-corrected chi connectivity index (χ3v) is 4.99. The van der Waals surface area contributed by atoms with E-state index in [1.54, 1.807) is 17.8 Å². The van der Waals surface area contributed by atoms with Crippen molar-refractivity contribution in [1.82, 2.24) is 4.98 Å². The number of para-hydroxylation sites is 1. The van der Waals surface area contributed by atoms with E-state index in [0.29, 0.717) is 4.88 Å². The molecule has 0 spiro atoms. The van der Waals surface area contributed by atoms with Crippen LogP contribution >= 0.6 is 23.1 Å². The van der Waals surface area contributed by atoms with E-state index in [0.717, 1.165) is 21.2 Å². The van der Waals surface area contributed by atoms with Crippen molar-refractivity contribution in [3.63, 3.8) is 0 Å². The molecule has 0 aliphatic carbocycles. The monoisotopic (exact) mass is 289 g/mol. The van der Waals surface area contributed by atoms with E-state index >= 15 is 0 Å². The molecule has 0 saturated heterocycles. The van der Waals surface area contributed by atoms with Crippen molar-refractivity contribution < 1.29 is 9.90 Å². The summed E-state index contributed by atoms with van der Waals surface area (Å²) in [5.41, 5.74) is 1.13. The number of benzene rings is 1. The van der Waals surface area contributed by atoms with Gasteiger partial charge in [-0.15, -0.1) is 23.1 Å². The summed E-state index contributed by atoms with van der Waals surface area (Å²) in [5.74, 6) is -0.0722. The zero-order valence-corrected chi connectivity index (χ0v) is 11.6. The van der Waals surface area contributed by atoms with Crippen LogP contribution in [-0.2, 0) is 5.75 Å². The molecular weight excluding hydrogens is 278 g/mol. The Hall–Kier alpha value is -1.72. The summed E-state index contributed by atoms with van der Waals surface area (Å²) in [6.45, 7) is 0. The van der Waals surface area contributed by atoms with Crippen LogP contribution in [0, 0.1) is 0 Å². The first-order valence-corrected chi connectivity index (χ1v) is 7.55. The molecule has 0 aliphatic heterocycles. The minimum absolute atomic E-state index is 0.396. The molecule has 0 atom stereocenters. The number of fused-ring (bicyclic) bond motifs is 1. The van der Waals surface area contributed by atoms with E-state index < -0.39 is 5.97 Å². The van der Waals surface area contributed by atoms with Crippen molar-refractivity contribution in [2.24, 2.45) is 0 Å². The van der Waals surface area contributed by atoms with E-state index in [1.807, 2.05) is 24.3 Å². The molecule has 3 rings (SSSR count). The van der Waals surface area contributed by atoms with Crippen LogP contribution in [0.5, 0.6) is 0 Å². The molecule has 2 aromatic heterocycles. The minimum atomic E-state index is -0.855. The molecule has 3 aromatic rings. The van der Waals surface area contributed by atoms with Crippen molar-refractivity contribution >= 4 is 40.0 Å². The number of aromatic nitrogens is 1. The quantitative estimate of drug-likeness (QED) is 0.707. The topological polar surface area (TPSA) is 53.1 Å². The number of carboxylic acids is 1. The number of rotatable bonds is 4. The summed E-state index contributed by atoms with van der Waals surface area (Å²) in [7, 11) is 0. The summed E-state index contributed by atoms with van der Waals surface area (Å²) in [6, 6.07) is 13.8. The average Bonchev–Trinajstić information content (AvgIpc) is 3.02. The second kappa shape index (κ2) is 5.11. The molecule has 19 heavy (non-hydrogen) atoms. The van der Waals surface area contributed by atoms with Gasteiger partial charge in [0.1, 0.15) is 4.88 Å². The highest BCUT2D eigenvalue weighted by Gasteiger charge is 2.07. The van der Waals surface area contributed by atoms with Gasteiger partial charge in [0.25, 0.3) is 0 Å². The molecule has 0 amide bonds. The van der Waals surface area contributed by atoms with Crippen molar-refractivity contribution in [3.05, 3.63) is 52.2 Å². The Morgan fingerprint density at radius 1 is 1.26 bits per heavy atom. The molecule has 0 unspecified atom stereocenters. The van der Waals surface area contributed by atoms with Crippen LogP contribution < -0.4 is 0 Å². The number of hydrogen-bond donors (Lipinski definition) is 2. The summed E-state index contributed by atoms with van der Waals surface area (Å²) >= 11 is 3.02. The molecule has 2 N–H and O–H groups in total. The summed E-state index contributed by atoms with van der Waals surface area (Å²) < 4.78 is 0. The maximum Gasteiger partial charge on any atom is 0.345 e. The third kappa shape index (κ3) is 2.67. The van der Waals surface area contributed by atoms with Gasteiger partial charge < -0.3 is 10.1 Å². The van der Waals surface area contributed by atoms with Crippen LogP contribution in [0.1, 0.15) is 14.5 Å². The van der Waals surface area contributed by atoms with Crippen molar-refractivity contribution in [3.8, 4) is 0 Å². The van der Waals surface area contributed by atoms with Gasteiger partial charge >= 0.3 is 5.97 Å². The smallest absolute Gasteiger partial charge is 0.345 e. The molecule has 0 saturated carbocycles. The van der Waals surface area contributed by atoms with Gasteiger partial charge in [-0.2, -0.15) is 0 Å². The first kappa shape index (κ1) is 12.3. The lowest BCUT2D eigenvalue weighted by Crippen LogP contribution is -1.89. The molecule has 0 bridgehead atoms. The van der Waals surface area contributed by atoms with E-state index in [2.05, 4.69) is 17.1 Å². The van der Waals surface area contributed by atoms with Gasteiger partial charge in [-0.25, -0.2) is 4.79 Å². The third-order valence-electron chi connectivity index (χ3n) is 2.75. The molecule has 2 heterocycles. The fourth-order valence-corrected chi connectivity index (χ4v) is 3.68. The fourth-order valence-electron chi connectivity index (χ4n) is 1.84. The lowest BCUT2D eigenvalue weighted by atomic mass is 10.3. The number of hydrogen-bond acceptors (Lipinski definition) is 3. The highest BCUT2D eigenvalue weighted by atomic mass is 32.2. The molecule has 0 radical (unpaired) electrons. The number of aromatic amines is 1. The molecule has 5 heteroatoms. The summed E-state index contributed by atoms with van der Waals surface area (Å²) in [5, 5.41) is 11.2.